The molecule has 96 valence electrons. The van der Waals surface area contributed by atoms with Gasteiger partial charge in [0.15, 0.2) is 5.78 Å². The van der Waals surface area contributed by atoms with Crippen LogP contribution in [0.4, 0.5) is 0 Å². The van der Waals surface area contributed by atoms with Crippen LogP contribution < -0.4 is 0 Å². The second-order valence-electron chi connectivity index (χ2n) is 4.96. The van der Waals surface area contributed by atoms with E-state index in [1.165, 1.54) is 0 Å². The summed E-state index contributed by atoms with van der Waals surface area (Å²) in [6, 6.07) is 13.7. The molecular formula is C17H12N2O. The van der Waals surface area contributed by atoms with Gasteiger partial charge in [-0.15, -0.1) is 0 Å². The van der Waals surface area contributed by atoms with E-state index in [1.807, 2.05) is 59.3 Å². The van der Waals surface area contributed by atoms with Crippen LogP contribution in [0, 0.1) is 0 Å². The van der Waals surface area contributed by atoms with Crippen molar-refractivity contribution in [1.29, 1.82) is 0 Å². The van der Waals surface area contributed by atoms with Crippen molar-refractivity contribution >= 4 is 17.4 Å². The quantitative estimate of drug-likeness (QED) is 0.630. The molecule has 1 aromatic carbocycles. The minimum Gasteiger partial charge on any atom is -0.289 e. The predicted octanol–water partition coefficient (Wildman–Crippen LogP) is 3.16. The van der Waals surface area contributed by atoms with Crippen LogP contribution in [0.1, 0.15) is 21.5 Å². The number of fused-ring (bicyclic) bond motifs is 2. The fourth-order valence-electron chi connectivity index (χ4n) is 2.72. The molecule has 20 heavy (non-hydrogen) atoms. The van der Waals surface area contributed by atoms with E-state index in [9.17, 15) is 4.79 Å². The molecule has 0 saturated carbocycles. The first-order valence-electron chi connectivity index (χ1n) is 6.58. The topological polar surface area (TPSA) is 34.4 Å². The lowest BCUT2D eigenvalue weighted by atomic mass is 10.1. The second-order valence-corrected chi connectivity index (χ2v) is 4.96. The molecule has 3 aromatic rings. The number of aromatic nitrogens is 2. The average Bonchev–Trinajstić information content (AvgIpc) is 3.03. The summed E-state index contributed by atoms with van der Waals surface area (Å²) in [5.41, 5.74) is 4.78. The Morgan fingerprint density at radius 1 is 1.10 bits per heavy atom. The monoisotopic (exact) mass is 260 g/mol. The van der Waals surface area contributed by atoms with E-state index in [2.05, 4.69) is 5.10 Å². The zero-order valence-electron chi connectivity index (χ0n) is 10.8. The lowest BCUT2D eigenvalue weighted by Crippen LogP contribution is -1.94. The molecule has 0 fully saturated rings. The van der Waals surface area contributed by atoms with Crippen LogP contribution in [0.2, 0.25) is 0 Å². The standard InChI is InChI=1S/C17H12N2O/c20-17-13(9-12-5-1-2-6-15(12)17)10-14-11-18-19-8-4-3-7-16(14)19/h1-8,10-11H,9H2/b13-10-. The molecule has 0 aliphatic heterocycles. The van der Waals surface area contributed by atoms with Crippen molar-refractivity contribution in [3.8, 4) is 0 Å². The molecule has 4 rings (SSSR count). The van der Waals surface area contributed by atoms with Crippen LogP contribution in [0.25, 0.3) is 11.6 Å². The van der Waals surface area contributed by atoms with E-state index in [0.29, 0.717) is 6.42 Å². The van der Waals surface area contributed by atoms with Crippen molar-refractivity contribution in [1.82, 2.24) is 9.61 Å². The molecule has 1 aliphatic rings. The molecule has 1 aliphatic carbocycles. The molecule has 2 aromatic heterocycles. The number of hydrogen-bond donors (Lipinski definition) is 0. The van der Waals surface area contributed by atoms with Crippen LogP contribution in [0.15, 0.2) is 60.4 Å². The molecule has 2 heterocycles. The van der Waals surface area contributed by atoms with Gasteiger partial charge in [-0.05, 0) is 23.8 Å². The molecule has 0 radical (unpaired) electrons. The van der Waals surface area contributed by atoms with Gasteiger partial charge in [0.2, 0.25) is 0 Å². The van der Waals surface area contributed by atoms with Gasteiger partial charge < -0.3 is 0 Å². The first-order valence-corrected chi connectivity index (χ1v) is 6.58. The Kier molecular flexibility index (Phi) is 2.33. The Bertz CT molecular complexity index is 858. The number of hydrogen-bond acceptors (Lipinski definition) is 2. The third kappa shape index (κ3) is 1.60. The van der Waals surface area contributed by atoms with Crippen molar-refractivity contribution in [2.75, 3.05) is 0 Å². The summed E-state index contributed by atoms with van der Waals surface area (Å²) in [7, 11) is 0. The maximum absolute atomic E-state index is 12.4. The number of nitrogens with zero attached hydrogens (tertiary/aromatic N) is 2. The number of pyridine rings is 1. The summed E-state index contributed by atoms with van der Waals surface area (Å²) in [6.45, 7) is 0. The normalized spacial score (nSPS) is 16.0. The van der Waals surface area contributed by atoms with Crippen LogP contribution in [0.5, 0.6) is 0 Å². The van der Waals surface area contributed by atoms with Gasteiger partial charge in [0.1, 0.15) is 0 Å². The smallest absolute Gasteiger partial charge is 0.189 e. The van der Waals surface area contributed by atoms with Gasteiger partial charge in [-0.2, -0.15) is 5.10 Å². The van der Waals surface area contributed by atoms with Gasteiger partial charge >= 0.3 is 0 Å². The predicted molar refractivity (Wildman–Crippen MR) is 77.6 cm³/mol. The van der Waals surface area contributed by atoms with Crippen LogP contribution in [-0.2, 0) is 6.42 Å². The number of Topliss-reactive ketones (excluding diaryl/α,β-unsaturated/α-hetero) is 1. The molecule has 0 bridgehead atoms. The van der Waals surface area contributed by atoms with E-state index in [1.54, 1.807) is 6.20 Å². The third-order valence-electron chi connectivity index (χ3n) is 3.72. The summed E-state index contributed by atoms with van der Waals surface area (Å²) < 4.78 is 1.82. The van der Waals surface area contributed by atoms with Crippen molar-refractivity contribution in [2.24, 2.45) is 0 Å². The van der Waals surface area contributed by atoms with Crippen LogP contribution in [0.3, 0.4) is 0 Å². The number of rotatable bonds is 1. The molecule has 0 atom stereocenters. The van der Waals surface area contributed by atoms with Gasteiger partial charge in [-0.3, -0.25) is 4.79 Å². The Morgan fingerprint density at radius 3 is 2.85 bits per heavy atom. The summed E-state index contributed by atoms with van der Waals surface area (Å²) in [4.78, 5) is 12.4. The summed E-state index contributed by atoms with van der Waals surface area (Å²) in [5, 5.41) is 4.30. The maximum Gasteiger partial charge on any atom is 0.189 e. The van der Waals surface area contributed by atoms with Crippen molar-refractivity contribution in [3.05, 3.63) is 77.1 Å². The lowest BCUT2D eigenvalue weighted by molar-refractivity contribution is 0.104. The number of allylic oxidation sites excluding steroid dienone is 1. The SMILES string of the molecule is O=C1/C(=C\c2cnn3ccccc23)Cc2ccccc21. The molecule has 0 spiro atoms. The minimum atomic E-state index is 0.135. The Morgan fingerprint density at radius 2 is 1.95 bits per heavy atom. The molecule has 0 amide bonds. The highest BCUT2D eigenvalue weighted by Gasteiger charge is 2.24. The molecule has 0 saturated heterocycles. The summed E-state index contributed by atoms with van der Waals surface area (Å²) in [5.74, 6) is 0.135. The largest absolute Gasteiger partial charge is 0.289 e. The minimum absolute atomic E-state index is 0.135. The fourth-order valence-corrected chi connectivity index (χ4v) is 2.72. The molecule has 0 unspecified atom stereocenters. The Hall–Kier alpha value is -2.68. The van der Waals surface area contributed by atoms with Gasteiger partial charge in [0.05, 0.1) is 11.7 Å². The van der Waals surface area contributed by atoms with E-state index < -0.39 is 0 Å². The van der Waals surface area contributed by atoms with E-state index in [-0.39, 0.29) is 5.78 Å². The fraction of sp³-hybridized carbons (Fsp3) is 0.0588. The highest BCUT2D eigenvalue weighted by atomic mass is 16.1. The highest BCUT2D eigenvalue weighted by Crippen LogP contribution is 2.28. The summed E-state index contributed by atoms with van der Waals surface area (Å²) in [6.07, 6.45) is 6.38. The molecule has 3 nitrogen and oxygen atoms in total. The Labute approximate surface area is 116 Å². The summed E-state index contributed by atoms with van der Waals surface area (Å²) >= 11 is 0. The number of carbonyl (C=O) groups is 1. The van der Waals surface area contributed by atoms with Gasteiger partial charge in [0.25, 0.3) is 0 Å². The van der Waals surface area contributed by atoms with Crippen molar-refractivity contribution < 1.29 is 4.79 Å². The van der Waals surface area contributed by atoms with Crippen molar-refractivity contribution in [2.45, 2.75) is 6.42 Å². The number of benzene rings is 1. The first kappa shape index (κ1) is 11.2. The average molecular weight is 260 g/mol. The Balaban J connectivity index is 1.81. The first-order chi connectivity index (χ1) is 9.83. The molecule has 0 N–H and O–H groups in total. The van der Waals surface area contributed by atoms with E-state index in [4.69, 9.17) is 0 Å². The van der Waals surface area contributed by atoms with Gasteiger partial charge in [-0.25, -0.2) is 4.52 Å². The number of carbonyl (C=O) groups excluding carboxylic acids is 1. The molecule has 3 heteroatoms. The number of ketones is 1. The maximum atomic E-state index is 12.4. The third-order valence-corrected chi connectivity index (χ3v) is 3.72. The van der Waals surface area contributed by atoms with Crippen LogP contribution in [-0.4, -0.2) is 15.4 Å². The van der Waals surface area contributed by atoms with Crippen molar-refractivity contribution in [3.63, 3.8) is 0 Å². The zero-order valence-corrected chi connectivity index (χ0v) is 10.8. The molecular weight excluding hydrogens is 248 g/mol. The second kappa shape index (κ2) is 4.17. The van der Waals surface area contributed by atoms with Crippen LogP contribution >= 0.6 is 0 Å². The van der Waals surface area contributed by atoms with Gasteiger partial charge in [0, 0.05) is 29.3 Å². The van der Waals surface area contributed by atoms with Gasteiger partial charge in [-0.1, -0.05) is 30.3 Å². The van der Waals surface area contributed by atoms with E-state index in [0.717, 1.165) is 27.8 Å². The zero-order chi connectivity index (χ0) is 13.5. The lowest BCUT2D eigenvalue weighted by Gasteiger charge is -1.95. The van der Waals surface area contributed by atoms with E-state index >= 15 is 0 Å². The highest BCUT2D eigenvalue weighted by molar-refractivity contribution is 6.15.